The molecule has 6 aromatic rings. The molecule has 1 spiro atoms. The SMILES string of the molecule is COc1cc(OC2CCC(NC(=O)c3ccc(N4CCC5(CC4)CC(Oc4ccc(C6=N[C@@H](Cc7ncco7)c7nnc(C)n7-c7sc(C)c(C)c76)c(F)c4)C5)nn3)CC2)ccc1C#N. The van der Waals surface area contributed by atoms with Crippen molar-refractivity contribution in [3.8, 4) is 28.3 Å². The first kappa shape index (κ1) is 42.3. The number of fused-ring (bicyclic) bond motifs is 3. The Morgan fingerprint density at radius 2 is 1.74 bits per heavy atom. The van der Waals surface area contributed by atoms with Gasteiger partial charge in [-0.2, -0.15) is 5.26 Å². The number of aliphatic imine (C=N–C) groups is 1. The van der Waals surface area contributed by atoms with E-state index in [0.29, 0.717) is 57.9 Å². The van der Waals surface area contributed by atoms with E-state index in [1.807, 2.05) is 23.6 Å². The predicted molar refractivity (Wildman–Crippen MR) is 240 cm³/mol. The van der Waals surface area contributed by atoms with Crippen LogP contribution in [-0.4, -0.2) is 80.0 Å². The van der Waals surface area contributed by atoms with E-state index in [-0.39, 0.29) is 29.6 Å². The molecule has 3 fully saturated rings. The monoisotopic (exact) mass is 896 g/mol. The number of rotatable bonds is 11. The van der Waals surface area contributed by atoms with Crippen LogP contribution >= 0.6 is 11.3 Å². The number of benzene rings is 2. The highest BCUT2D eigenvalue weighted by Gasteiger charge is 2.47. The van der Waals surface area contributed by atoms with Gasteiger partial charge in [0.2, 0.25) is 0 Å². The van der Waals surface area contributed by atoms with E-state index in [0.717, 1.165) is 97.1 Å². The van der Waals surface area contributed by atoms with Gasteiger partial charge in [-0.1, -0.05) is 0 Å². The van der Waals surface area contributed by atoms with Crippen molar-refractivity contribution in [2.24, 2.45) is 10.4 Å². The number of halogens is 1. The molecule has 65 heavy (non-hydrogen) atoms. The van der Waals surface area contributed by atoms with Gasteiger partial charge in [-0.3, -0.25) is 14.4 Å². The fraction of sp³-hybridized carbons (Fsp3) is 0.417. The zero-order valence-electron chi connectivity index (χ0n) is 36.7. The summed E-state index contributed by atoms with van der Waals surface area (Å²) < 4.78 is 41.9. The number of hydrogen-bond acceptors (Lipinski definition) is 14. The molecule has 2 saturated carbocycles. The molecular formula is C48H49FN10O5S. The van der Waals surface area contributed by atoms with E-state index in [4.69, 9.17) is 23.6 Å². The molecule has 334 valence electrons. The first-order valence-corrected chi connectivity index (χ1v) is 23.0. The lowest BCUT2D eigenvalue weighted by atomic mass is 9.61. The highest BCUT2D eigenvalue weighted by atomic mass is 32.1. The molecule has 1 saturated heterocycles. The molecule has 4 aliphatic rings. The summed E-state index contributed by atoms with van der Waals surface area (Å²) in [6.07, 6.45) is 10.4. The number of nitriles is 1. The minimum Gasteiger partial charge on any atom is -0.495 e. The molecule has 10 rings (SSSR count). The van der Waals surface area contributed by atoms with E-state index < -0.39 is 11.9 Å². The predicted octanol–water partition coefficient (Wildman–Crippen LogP) is 8.13. The average Bonchev–Trinajstić information content (AvgIpc) is 4.02. The molecule has 2 aromatic carbocycles. The number of carbonyl (C=O) groups is 1. The number of anilines is 1. The number of hydrogen-bond donors (Lipinski definition) is 1. The number of thiophene rings is 1. The lowest BCUT2D eigenvalue weighted by molar-refractivity contribution is -0.0312. The van der Waals surface area contributed by atoms with Gasteiger partial charge < -0.3 is 28.8 Å². The van der Waals surface area contributed by atoms with Crippen LogP contribution in [0.5, 0.6) is 17.2 Å². The van der Waals surface area contributed by atoms with Crippen molar-refractivity contribution in [2.45, 2.75) is 103 Å². The second kappa shape index (κ2) is 17.4. The Morgan fingerprint density at radius 3 is 2.45 bits per heavy atom. The molecule has 0 bridgehead atoms. The number of amides is 1. The standard InChI is InChI=1S/C48H49FN10O5S/c1-27-28(2)65-47-43(27)44(53-39(23-42-51-17-20-62-42)45-57-54-29(3)59(45)47)36-12-11-33(21-37(36)49)64-35-24-48(25-35)15-18-58(19-16-48)41-14-13-38(55-56-41)46(60)52-31-6-9-32(10-7-31)63-34-8-5-30(26-50)40(22-34)61-4/h5,8,11-14,17,20-22,31-32,35,39H,6-7,9-10,15-16,18-19,23-25H2,1-4H3,(H,52,60)/t31?,32?,39-/m0/s1. The number of oxazole rings is 1. The van der Waals surface area contributed by atoms with Crippen molar-refractivity contribution in [3.63, 3.8) is 0 Å². The normalized spacial score (nSPS) is 20.2. The number of aryl methyl sites for hydroxylation is 2. The Kier molecular flexibility index (Phi) is 11.3. The molecular weight excluding hydrogens is 848 g/mol. The Hall–Kier alpha value is -6.67. The van der Waals surface area contributed by atoms with Crippen LogP contribution in [0.2, 0.25) is 0 Å². The summed E-state index contributed by atoms with van der Waals surface area (Å²) in [5.74, 6) is 3.70. The maximum absolute atomic E-state index is 16.4. The molecule has 17 heteroatoms. The van der Waals surface area contributed by atoms with Gasteiger partial charge in [0, 0.05) is 47.3 Å². The minimum atomic E-state index is -0.493. The molecule has 0 radical (unpaired) electrons. The van der Waals surface area contributed by atoms with Crippen LogP contribution in [0.1, 0.15) is 113 Å². The molecule has 1 N–H and O–H groups in total. The Bertz CT molecular complexity index is 2790. The van der Waals surface area contributed by atoms with E-state index in [9.17, 15) is 10.1 Å². The van der Waals surface area contributed by atoms with Crippen molar-refractivity contribution >= 4 is 28.8 Å². The first-order chi connectivity index (χ1) is 31.6. The zero-order chi connectivity index (χ0) is 44.8. The lowest BCUT2D eigenvalue weighted by Gasteiger charge is -2.51. The Balaban J connectivity index is 0.720. The largest absolute Gasteiger partial charge is 0.495 e. The maximum atomic E-state index is 16.4. The minimum absolute atomic E-state index is 0.000154. The molecule has 6 heterocycles. The summed E-state index contributed by atoms with van der Waals surface area (Å²) in [4.78, 5) is 26.0. The van der Waals surface area contributed by atoms with Crippen LogP contribution < -0.4 is 24.4 Å². The molecule has 4 aromatic heterocycles. The third-order valence-electron chi connectivity index (χ3n) is 13.5. The van der Waals surface area contributed by atoms with Crippen LogP contribution in [0, 0.1) is 43.3 Å². The summed E-state index contributed by atoms with van der Waals surface area (Å²) in [5.41, 5.74) is 3.80. The van der Waals surface area contributed by atoms with Crippen LogP contribution in [0.4, 0.5) is 10.2 Å². The van der Waals surface area contributed by atoms with Crippen molar-refractivity contribution in [3.05, 3.63) is 117 Å². The lowest BCUT2D eigenvalue weighted by Crippen LogP contribution is -2.51. The summed E-state index contributed by atoms with van der Waals surface area (Å²) in [6.45, 7) is 7.69. The Morgan fingerprint density at radius 1 is 0.969 bits per heavy atom. The summed E-state index contributed by atoms with van der Waals surface area (Å²) in [7, 11) is 1.53. The number of carbonyl (C=O) groups excluding carboxylic acids is 1. The van der Waals surface area contributed by atoms with E-state index in [2.05, 4.69) is 55.5 Å². The second-order valence-electron chi connectivity index (χ2n) is 17.6. The van der Waals surface area contributed by atoms with Gasteiger partial charge in [-0.15, -0.1) is 31.7 Å². The quantitative estimate of drug-likeness (QED) is 0.132. The zero-order valence-corrected chi connectivity index (χ0v) is 37.5. The van der Waals surface area contributed by atoms with Gasteiger partial charge in [0.15, 0.2) is 23.2 Å². The number of methoxy groups -OCH3 is 1. The molecule has 1 amide bonds. The van der Waals surface area contributed by atoms with Crippen LogP contribution in [-0.2, 0) is 6.42 Å². The summed E-state index contributed by atoms with van der Waals surface area (Å²) >= 11 is 1.63. The Labute approximate surface area is 379 Å². The number of nitrogens with one attached hydrogen (secondary N) is 1. The number of aromatic nitrogens is 6. The molecule has 1 atom stereocenters. The fourth-order valence-corrected chi connectivity index (χ4v) is 11.0. The van der Waals surface area contributed by atoms with E-state index in [1.54, 1.807) is 47.9 Å². The number of ether oxygens (including phenoxy) is 3. The second-order valence-corrected chi connectivity index (χ2v) is 18.8. The summed E-state index contributed by atoms with van der Waals surface area (Å²) in [6, 6.07) is 15.6. The van der Waals surface area contributed by atoms with Crippen molar-refractivity contribution < 1.29 is 27.8 Å². The van der Waals surface area contributed by atoms with Crippen molar-refractivity contribution in [1.82, 2.24) is 35.3 Å². The number of nitrogens with zero attached hydrogens (tertiary/aromatic N) is 9. The van der Waals surface area contributed by atoms with Crippen molar-refractivity contribution in [2.75, 3.05) is 25.1 Å². The maximum Gasteiger partial charge on any atom is 0.272 e. The molecule has 2 aliphatic heterocycles. The molecule has 2 aliphatic carbocycles. The highest BCUT2D eigenvalue weighted by Crippen LogP contribution is 2.51. The highest BCUT2D eigenvalue weighted by molar-refractivity contribution is 7.15. The molecule has 15 nitrogen and oxygen atoms in total. The average molecular weight is 897 g/mol. The molecule has 0 unspecified atom stereocenters. The van der Waals surface area contributed by atoms with Gasteiger partial charge >= 0.3 is 0 Å². The number of piperidine rings is 1. The van der Waals surface area contributed by atoms with E-state index in [1.165, 1.54) is 19.4 Å². The fourth-order valence-electron chi connectivity index (χ4n) is 9.82. The third kappa shape index (κ3) is 8.31. The van der Waals surface area contributed by atoms with Gasteiger partial charge in [-0.05, 0) is 120 Å². The van der Waals surface area contributed by atoms with Crippen LogP contribution in [0.3, 0.4) is 0 Å². The van der Waals surface area contributed by atoms with Crippen LogP contribution in [0.25, 0.3) is 5.00 Å². The van der Waals surface area contributed by atoms with Gasteiger partial charge in [0.25, 0.3) is 5.91 Å². The topological polar surface area (TPSA) is 179 Å². The van der Waals surface area contributed by atoms with Crippen molar-refractivity contribution in [1.29, 1.82) is 5.26 Å². The summed E-state index contributed by atoms with van der Waals surface area (Å²) in [5, 5.41) is 31.0. The van der Waals surface area contributed by atoms with Crippen LogP contribution in [0.15, 0.2) is 70.4 Å². The smallest absolute Gasteiger partial charge is 0.272 e. The first-order valence-electron chi connectivity index (χ1n) is 22.2. The van der Waals surface area contributed by atoms with Gasteiger partial charge in [0.05, 0.1) is 43.2 Å². The van der Waals surface area contributed by atoms with Gasteiger partial charge in [-0.25, -0.2) is 9.37 Å². The van der Waals surface area contributed by atoms with E-state index >= 15 is 4.39 Å². The van der Waals surface area contributed by atoms with Gasteiger partial charge in [0.1, 0.15) is 52.3 Å². The third-order valence-corrected chi connectivity index (χ3v) is 14.7.